The molecule has 0 atom stereocenters. The average Bonchev–Trinajstić information content (AvgIpc) is 2.46. The zero-order chi connectivity index (χ0) is 14.4. The van der Waals surface area contributed by atoms with Crippen LogP contribution in [0.25, 0.3) is 0 Å². The Balaban J connectivity index is 1.84. The van der Waals surface area contributed by atoms with Crippen LogP contribution >= 0.6 is 0 Å². The lowest BCUT2D eigenvalue weighted by molar-refractivity contribution is 0.0697. The van der Waals surface area contributed by atoms with Gasteiger partial charge in [-0.3, -0.25) is 0 Å². The molecule has 0 aliphatic rings. The topological polar surface area (TPSA) is 75.4 Å². The van der Waals surface area contributed by atoms with E-state index in [-0.39, 0.29) is 5.56 Å². The first kappa shape index (κ1) is 14.1. The smallest absolute Gasteiger partial charge is 0.335 e. The summed E-state index contributed by atoms with van der Waals surface area (Å²) in [7, 11) is 0. The maximum atomic E-state index is 10.8. The van der Waals surface area contributed by atoms with Gasteiger partial charge >= 0.3 is 5.97 Å². The van der Waals surface area contributed by atoms with Gasteiger partial charge in [-0.1, -0.05) is 36.4 Å². The normalized spacial score (nSPS) is 10.4. The lowest BCUT2D eigenvalue weighted by Crippen LogP contribution is -2.17. The Kier molecular flexibility index (Phi) is 4.74. The zero-order valence-corrected chi connectivity index (χ0v) is 11.2. The maximum Gasteiger partial charge on any atom is 0.335 e. The van der Waals surface area contributed by atoms with Gasteiger partial charge < -0.3 is 16.2 Å². The molecule has 104 valence electrons. The highest BCUT2D eigenvalue weighted by Crippen LogP contribution is 2.14. The molecule has 0 amide bonds. The van der Waals surface area contributed by atoms with Gasteiger partial charge in [0.05, 0.1) is 5.56 Å². The fourth-order valence-corrected chi connectivity index (χ4v) is 1.99. The Morgan fingerprint density at radius 3 is 2.55 bits per heavy atom. The number of rotatable bonds is 6. The van der Waals surface area contributed by atoms with Crippen molar-refractivity contribution in [2.24, 2.45) is 0 Å². The number of nitrogens with two attached hydrogens (primary N) is 1. The van der Waals surface area contributed by atoms with E-state index in [2.05, 4.69) is 17.4 Å². The molecule has 0 saturated heterocycles. The van der Waals surface area contributed by atoms with Crippen molar-refractivity contribution in [1.82, 2.24) is 5.32 Å². The Hall–Kier alpha value is -2.33. The number of nitrogens with one attached hydrogen (secondary N) is 1. The van der Waals surface area contributed by atoms with Gasteiger partial charge in [0, 0.05) is 12.2 Å². The minimum absolute atomic E-state index is 0.218. The van der Waals surface area contributed by atoms with Gasteiger partial charge in [0.15, 0.2) is 0 Å². The molecule has 2 rings (SSSR count). The number of hydrogen-bond donors (Lipinski definition) is 3. The lowest BCUT2D eigenvalue weighted by Gasteiger charge is -2.08. The molecule has 0 heterocycles. The molecule has 2 aromatic rings. The first-order chi connectivity index (χ1) is 9.66. The molecule has 0 spiro atoms. The van der Waals surface area contributed by atoms with Crippen LogP contribution in [0.2, 0.25) is 0 Å². The fourth-order valence-electron chi connectivity index (χ4n) is 1.99. The molecule has 0 radical (unpaired) electrons. The summed E-state index contributed by atoms with van der Waals surface area (Å²) < 4.78 is 0. The summed E-state index contributed by atoms with van der Waals surface area (Å²) in [5, 5.41) is 12.2. The Morgan fingerprint density at radius 2 is 1.90 bits per heavy atom. The molecule has 4 heteroatoms. The van der Waals surface area contributed by atoms with Gasteiger partial charge in [0.1, 0.15) is 0 Å². The van der Waals surface area contributed by atoms with Crippen LogP contribution in [0, 0.1) is 0 Å². The van der Waals surface area contributed by atoms with E-state index in [1.807, 2.05) is 18.2 Å². The summed E-state index contributed by atoms with van der Waals surface area (Å²) in [5.74, 6) is -0.958. The van der Waals surface area contributed by atoms with Crippen molar-refractivity contribution < 1.29 is 9.90 Å². The molecule has 0 saturated carbocycles. The monoisotopic (exact) mass is 270 g/mol. The van der Waals surface area contributed by atoms with Crippen molar-refractivity contribution in [2.45, 2.75) is 13.0 Å². The highest BCUT2D eigenvalue weighted by molar-refractivity contribution is 5.88. The van der Waals surface area contributed by atoms with Crippen molar-refractivity contribution in [3.8, 4) is 0 Å². The van der Waals surface area contributed by atoms with Gasteiger partial charge in [0.25, 0.3) is 0 Å². The van der Waals surface area contributed by atoms with Gasteiger partial charge in [-0.2, -0.15) is 0 Å². The Bertz CT molecular complexity index is 582. The third kappa shape index (κ3) is 3.83. The largest absolute Gasteiger partial charge is 0.478 e. The molecular weight excluding hydrogens is 252 g/mol. The van der Waals surface area contributed by atoms with Crippen LogP contribution in [-0.2, 0) is 13.0 Å². The van der Waals surface area contributed by atoms with Crippen LogP contribution in [0.5, 0.6) is 0 Å². The van der Waals surface area contributed by atoms with Gasteiger partial charge in [0.2, 0.25) is 0 Å². The summed E-state index contributed by atoms with van der Waals surface area (Å²) in [6, 6.07) is 15.1. The summed E-state index contributed by atoms with van der Waals surface area (Å²) in [4.78, 5) is 10.8. The number of benzene rings is 2. The molecule has 4 N–H and O–H groups in total. The molecule has 20 heavy (non-hydrogen) atoms. The number of nitrogen functional groups attached to an aromatic ring is 1. The molecule has 0 fully saturated rings. The Morgan fingerprint density at radius 1 is 1.15 bits per heavy atom. The van der Waals surface area contributed by atoms with E-state index < -0.39 is 5.97 Å². The highest BCUT2D eigenvalue weighted by Gasteiger charge is 2.05. The maximum absolute atomic E-state index is 10.8. The first-order valence-electron chi connectivity index (χ1n) is 6.53. The van der Waals surface area contributed by atoms with E-state index in [9.17, 15) is 4.79 Å². The average molecular weight is 270 g/mol. The van der Waals surface area contributed by atoms with E-state index in [0.29, 0.717) is 12.2 Å². The number of aromatic carboxylic acids is 1. The Labute approximate surface area is 118 Å². The van der Waals surface area contributed by atoms with Crippen molar-refractivity contribution in [3.05, 3.63) is 65.2 Å². The second-order valence-electron chi connectivity index (χ2n) is 4.63. The van der Waals surface area contributed by atoms with Crippen LogP contribution in [0.3, 0.4) is 0 Å². The van der Waals surface area contributed by atoms with Gasteiger partial charge in [-0.05, 0) is 36.2 Å². The second-order valence-corrected chi connectivity index (χ2v) is 4.63. The molecule has 0 aromatic heterocycles. The van der Waals surface area contributed by atoms with Crippen LogP contribution in [0.1, 0.15) is 21.5 Å². The summed E-state index contributed by atoms with van der Waals surface area (Å²) in [6.07, 6.45) is 0.952. The molecule has 0 unspecified atom stereocenters. The van der Waals surface area contributed by atoms with Crippen LogP contribution < -0.4 is 11.1 Å². The minimum atomic E-state index is -0.958. The van der Waals surface area contributed by atoms with E-state index in [1.165, 1.54) is 11.6 Å². The van der Waals surface area contributed by atoms with Crippen LogP contribution in [-0.4, -0.2) is 17.6 Å². The number of hydrogen-bond acceptors (Lipinski definition) is 3. The van der Waals surface area contributed by atoms with E-state index in [1.54, 1.807) is 12.1 Å². The quantitative estimate of drug-likeness (QED) is 0.556. The minimum Gasteiger partial charge on any atom is -0.478 e. The van der Waals surface area contributed by atoms with E-state index >= 15 is 0 Å². The molecule has 0 aliphatic heterocycles. The second kappa shape index (κ2) is 6.73. The van der Waals surface area contributed by atoms with Gasteiger partial charge in [-0.15, -0.1) is 0 Å². The number of anilines is 1. The van der Waals surface area contributed by atoms with Crippen molar-refractivity contribution >= 4 is 11.7 Å². The van der Waals surface area contributed by atoms with Crippen molar-refractivity contribution in [1.29, 1.82) is 0 Å². The summed E-state index contributed by atoms with van der Waals surface area (Å²) >= 11 is 0. The lowest BCUT2D eigenvalue weighted by atomic mass is 10.1. The zero-order valence-electron chi connectivity index (χ0n) is 11.2. The van der Waals surface area contributed by atoms with E-state index in [4.69, 9.17) is 10.8 Å². The predicted octanol–water partition coefficient (Wildman–Crippen LogP) is 2.30. The van der Waals surface area contributed by atoms with Crippen LogP contribution in [0.15, 0.2) is 48.5 Å². The van der Waals surface area contributed by atoms with Gasteiger partial charge in [-0.25, -0.2) is 4.79 Å². The first-order valence-corrected chi connectivity index (χ1v) is 6.53. The van der Waals surface area contributed by atoms with E-state index in [0.717, 1.165) is 18.5 Å². The number of carbonyl (C=O) groups is 1. The SMILES string of the molecule is Nc1cc(C(=O)O)ccc1CNCCc1ccccc1. The predicted molar refractivity (Wildman–Crippen MR) is 79.7 cm³/mol. The van der Waals surface area contributed by atoms with Crippen LogP contribution in [0.4, 0.5) is 5.69 Å². The fraction of sp³-hybridized carbons (Fsp3) is 0.188. The molecule has 4 nitrogen and oxygen atoms in total. The molecule has 0 bridgehead atoms. The molecular formula is C16H18N2O2. The number of carboxylic acid groups (broad SMARTS) is 1. The van der Waals surface area contributed by atoms with Crippen molar-refractivity contribution in [2.75, 3.05) is 12.3 Å². The third-order valence-electron chi connectivity index (χ3n) is 3.14. The third-order valence-corrected chi connectivity index (χ3v) is 3.14. The summed E-state index contributed by atoms with van der Waals surface area (Å²) in [6.45, 7) is 1.49. The molecule has 2 aromatic carbocycles. The van der Waals surface area contributed by atoms with Crippen molar-refractivity contribution in [3.63, 3.8) is 0 Å². The summed E-state index contributed by atoms with van der Waals surface area (Å²) in [5.41, 5.74) is 8.78. The number of carboxylic acids is 1. The standard InChI is InChI=1S/C16H18N2O2/c17-15-10-13(16(19)20)6-7-14(15)11-18-9-8-12-4-2-1-3-5-12/h1-7,10,18H,8-9,11,17H2,(H,19,20). The molecule has 0 aliphatic carbocycles. The highest BCUT2D eigenvalue weighted by atomic mass is 16.4.